The van der Waals surface area contributed by atoms with E-state index < -0.39 is 0 Å². The van der Waals surface area contributed by atoms with Crippen LogP contribution in [0.3, 0.4) is 0 Å². The molecule has 1 aromatic heterocycles. The zero-order chi connectivity index (χ0) is 14.4. The topological polar surface area (TPSA) is 69.4 Å². The molecule has 0 saturated heterocycles. The first-order valence-corrected chi connectivity index (χ1v) is 6.52. The Kier molecular flexibility index (Phi) is 4.95. The Morgan fingerprint density at radius 1 is 1.25 bits per heavy atom. The van der Waals surface area contributed by atoms with E-state index in [2.05, 4.69) is 15.5 Å². The van der Waals surface area contributed by atoms with Crippen LogP contribution in [0.15, 0.2) is 22.7 Å². The van der Waals surface area contributed by atoms with Crippen molar-refractivity contribution in [3.05, 3.63) is 35.5 Å². The standard InChI is InChI=1S/C14H19N3O3/c1-4-19-13-7-11(5-6-12(13)18-3)8-15-9-14-16-10(2)17-20-14/h5-7,15H,4,8-9H2,1-3H3. The number of methoxy groups -OCH3 is 1. The highest BCUT2D eigenvalue weighted by atomic mass is 16.5. The largest absolute Gasteiger partial charge is 0.493 e. The number of benzene rings is 1. The Morgan fingerprint density at radius 3 is 2.75 bits per heavy atom. The van der Waals surface area contributed by atoms with Gasteiger partial charge in [-0.25, -0.2) is 0 Å². The van der Waals surface area contributed by atoms with Crippen LogP contribution in [0.25, 0.3) is 0 Å². The normalized spacial score (nSPS) is 10.6. The number of hydrogen-bond donors (Lipinski definition) is 1. The van der Waals surface area contributed by atoms with Crippen molar-refractivity contribution >= 4 is 0 Å². The first-order chi connectivity index (χ1) is 9.72. The van der Waals surface area contributed by atoms with E-state index in [1.165, 1.54) is 0 Å². The van der Waals surface area contributed by atoms with Crippen molar-refractivity contribution < 1.29 is 14.0 Å². The van der Waals surface area contributed by atoms with E-state index in [4.69, 9.17) is 14.0 Å². The van der Waals surface area contributed by atoms with Crippen molar-refractivity contribution in [1.82, 2.24) is 15.5 Å². The quantitative estimate of drug-likeness (QED) is 0.835. The number of hydrogen-bond acceptors (Lipinski definition) is 6. The third-order valence-electron chi connectivity index (χ3n) is 2.70. The van der Waals surface area contributed by atoms with Crippen LogP contribution >= 0.6 is 0 Å². The minimum absolute atomic E-state index is 0.539. The Bertz CT molecular complexity index is 554. The molecule has 0 amide bonds. The number of aryl methyl sites for hydroxylation is 1. The van der Waals surface area contributed by atoms with E-state index in [1.54, 1.807) is 14.0 Å². The molecule has 6 heteroatoms. The van der Waals surface area contributed by atoms with Crippen LogP contribution in [0.5, 0.6) is 11.5 Å². The van der Waals surface area contributed by atoms with Crippen LogP contribution < -0.4 is 14.8 Å². The fourth-order valence-corrected chi connectivity index (χ4v) is 1.82. The van der Waals surface area contributed by atoms with Gasteiger partial charge >= 0.3 is 0 Å². The molecule has 0 aliphatic rings. The van der Waals surface area contributed by atoms with Gasteiger partial charge in [0.15, 0.2) is 17.3 Å². The predicted molar refractivity (Wildman–Crippen MR) is 73.7 cm³/mol. The molecule has 6 nitrogen and oxygen atoms in total. The summed E-state index contributed by atoms with van der Waals surface area (Å²) in [5.41, 5.74) is 1.10. The van der Waals surface area contributed by atoms with E-state index in [0.717, 1.165) is 17.1 Å². The monoisotopic (exact) mass is 277 g/mol. The Morgan fingerprint density at radius 2 is 2.10 bits per heavy atom. The van der Waals surface area contributed by atoms with Crippen molar-refractivity contribution in [1.29, 1.82) is 0 Å². The van der Waals surface area contributed by atoms with Gasteiger partial charge < -0.3 is 19.3 Å². The molecule has 1 aromatic carbocycles. The first kappa shape index (κ1) is 14.3. The van der Waals surface area contributed by atoms with Crippen LogP contribution in [-0.2, 0) is 13.1 Å². The molecular formula is C14H19N3O3. The molecule has 0 atom stereocenters. The molecule has 108 valence electrons. The van der Waals surface area contributed by atoms with Crippen LogP contribution in [0.4, 0.5) is 0 Å². The average Bonchev–Trinajstić information content (AvgIpc) is 2.85. The zero-order valence-corrected chi connectivity index (χ0v) is 12.0. The van der Waals surface area contributed by atoms with Gasteiger partial charge in [0.25, 0.3) is 0 Å². The van der Waals surface area contributed by atoms with Gasteiger partial charge in [0.05, 0.1) is 20.3 Å². The highest BCUT2D eigenvalue weighted by Crippen LogP contribution is 2.27. The second kappa shape index (κ2) is 6.91. The lowest BCUT2D eigenvalue weighted by Crippen LogP contribution is -2.13. The first-order valence-electron chi connectivity index (χ1n) is 6.52. The molecule has 20 heavy (non-hydrogen) atoms. The molecule has 0 spiro atoms. The number of nitrogens with one attached hydrogen (secondary N) is 1. The molecule has 2 rings (SSSR count). The van der Waals surface area contributed by atoms with Crippen LogP contribution in [0.1, 0.15) is 24.2 Å². The summed E-state index contributed by atoms with van der Waals surface area (Å²) >= 11 is 0. The summed E-state index contributed by atoms with van der Waals surface area (Å²) in [6.45, 7) is 5.57. The summed E-state index contributed by atoms with van der Waals surface area (Å²) in [5.74, 6) is 2.72. The lowest BCUT2D eigenvalue weighted by molar-refractivity contribution is 0.310. The predicted octanol–water partition coefficient (Wildman–Crippen LogP) is 2.08. The van der Waals surface area contributed by atoms with E-state index in [0.29, 0.717) is 31.4 Å². The van der Waals surface area contributed by atoms with E-state index in [1.807, 2.05) is 25.1 Å². The number of rotatable bonds is 7. The third-order valence-corrected chi connectivity index (χ3v) is 2.70. The molecular weight excluding hydrogens is 258 g/mol. The van der Waals surface area contributed by atoms with Crippen molar-refractivity contribution in [2.24, 2.45) is 0 Å². The molecule has 1 N–H and O–H groups in total. The summed E-state index contributed by atoms with van der Waals surface area (Å²) in [6, 6.07) is 5.86. The van der Waals surface area contributed by atoms with Crippen LogP contribution in [-0.4, -0.2) is 23.9 Å². The molecule has 0 aliphatic carbocycles. The second-order valence-corrected chi connectivity index (χ2v) is 4.26. The SMILES string of the molecule is CCOc1cc(CNCc2nc(C)no2)ccc1OC. The van der Waals surface area contributed by atoms with Gasteiger partial charge in [-0.2, -0.15) is 4.98 Å². The van der Waals surface area contributed by atoms with Crippen molar-refractivity contribution in [3.63, 3.8) is 0 Å². The lowest BCUT2D eigenvalue weighted by atomic mass is 10.2. The Labute approximate surface area is 118 Å². The maximum absolute atomic E-state index is 5.54. The van der Waals surface area contributed by atoms with E-state index >= 15 is 0 Å². The molecule has 0 fully saturated rings. The van der Waals surface area contributed by atoms with Crippen molar-refractivity contribution in [2.75, 3.05) is 13.7 Å². The summed E-state index contributed by atoms with van der Waals surface area (Å²) in [4.78, 5) is 4.13. The zero-order valence-electron chi connectivity index (χ0n) is 12.0. The Balaban J connectivity index is 1.93. The van der Waals surface area contributed by atoms with Gasteiger partial charge in [0.1, 0.15) is 0 Å². The summed E-state index contributed by atoms with van der Waals surface area (Å²) < 4.78 is 15.8. The van der Waals surface area contributed by atoms with Gasteiger partial charge in [-0.1, -0.05) is 11.2 Å². The van der Waals surface area contributed by atoms with Gasteiger partial charge in [0, 0.05) is 6.54 Å². The fourth-order valence-electron chi connectivity index (χ4n) is 1.82. The van der Waals surface area contributed by atoms with E-state index in [9.17, 15) is 0 Å². The maximum atomic E-state index is 5.54. The highest BCUT2D eigenvalue weighted by molar-refractivity contribution is 5.42. The number of aromatic nitrogens is 2. The smallest absolute Gasteiger partial charge is 0.240 e. The minimum Gasteiger partial charge on any atom is -0.493 e. The van der Waals surface area contributed by atoms with Crippen molar-refractivity contribution in [3.8, 4) is 11.5 Å². The number of ether oxygens (including phenoxy) is 2. The third kappa shape index (κ3) is 3.71. The fraction of sp³-hybridized carbons (Fsp3) is 0.429. The van der Waals surface area contributed by atoms with Crippen LogP contribution in [0.2, 0.25) is 0 Å². The Hall–Kier alpha value is -2.08. The van der Waals surface area contributed by atoms with Crippen molar-refractivity contribution in [2.45, 2.75) is 26.9 Å². The lowest BCUT2D eigenvalue weighted by Gasteiger charge is -2.11. The summed E-state index contributed by atoms with van der Waals surface area (Å²) in [6.07, 6.45) is 0. The van der Waals surface area contributed by atoms with Gasteiger partial charge in [-0.3, -0.25) is 0 Å². The average molecular weight is 277 g/mol. The molecule has 0 unspecified atom stereocenters. The molecule has 0 radical (unpaired) electrons. The molecule has 0 bridgehead atoms. The van der Waals surface area contributed by atoms with Gasteiger partial charge in [0.2, 0.25) is 5.89 Å². The van der Waals surface area contributed by atoms with Gasteiger partial charge in [-0.15, -0.1) is 0 Å². The van der Waals surface area contributed by atoms with E-state index in [-0.39, 0.29) is 0 Å². The second-order valence-electron chi connectivity index (χ2n) is 4.26. The molecule has 0 saturated carbocycles. The van der Waals surface area contributed by atoms with Crippen LogP contribution in [0, 0.1) is 6.92 Å². The maximum Gasteiger partial charge on any atom is 0.240 e. The molecule has 1 heterocycles. The minimum atomic E-state index is 0.539. The summed E-state index contributed by atoms with van der Waals surface area (Å²) in [5, 5.41) is 6.99. The highest BCUT2D eigenvalue weighted by Gasteiger charge is 2.06. The summed E-state index contributed by atoms with van der Waals surface area (Å²) in [7, 11) is 1.63. The molecule has 0 aliphatic heterocycles. The van der Waals surface area contributed by atoms with Gasteiger partial charge in [-0.05, 0) is 31.5 Å². The molecule has 2 aromatic rings. The number of nitrogens with zero attached hydrogens (tertiary/aromatic N) is 2.